The first-order valence-electron chi connectivity index (χ1n) is 6.70. The molecule has 0 unspecified atom stereocenters. The Balaban J connectivity index is 2.26. The number of aliphatic carboxylic acids is 1. The molecular weight excluding hydrogens is 312 g/mol. The van der Waals surface area contributed by atoms with Gasteiger partial charge in [0.05, 0.1) is 16.3 Å². The molecule has 21 heavy (non-hydrogen) atoms. The van der Waals surface area contributed by atoms with Crippen molar-refractivity contribution in [3.8, 4) is 0 Å². The number of aryl methyl sites for hydroxylation is 1. The lowest BCUT2D eigenvalue weighted by molar-refractivity contribution is -0.133. The number of carboxylic acids is 1. The summed E-state index contributed by atoms with van der Waals surface area (Å²) in [5, 5.41) is 10.1. The fourth-order valence-electron chi connectivity index (χ4n) is 2.01. The van der Waals surface area contributed by atoms with Gasteiger partial charge in [-0.3, -0.25) is 4.79 Å². The van der Waals surface area contributed by atoms with Crippen LogP contribution in [0.5, 0.6) is 0 Å². The first kappa shape index (κ1) is 16.1. The molecule has 0 saturated heterocycles. The van der Waals surface area contributed by atoms with Crippen molar-refractivity contribution in [1.29, 1.82) is 0 Å². The topological polar surface area (TPSA) is 64.3 Å². The number of aromatic nitrogens is 2. The summed E-state index contributed by atoms with van der Waals surface area (Å²) < 4.78 is 7.35. The van der Waals surface area contributed by atoms with E-state index in [9.17, 15) is 4.79 Å². The van der Waals surface area contributed by atoms with Gasteiger partial charge in [0.15, 0.2) is 5.16 Å². The van der Waals surface area contributed by atoms with Crippen molar-refractivity contribution >= 4 is 40.4 Å². The highest BCUT2D eigenvalue weighted by Gasteiger charge is 2.14. The Morgan fingerprint density at radius 1 is 1.52 bits per heavy atom. The zero-order chi connectivity index (χ0) is 15.2. The van der Waals surface area contributed by atoms with Crippen LogP contribution in [0.15, 0.2) is 23.4 Å². The van der Waals surface area contributed by atoms with Crippen LogP contribution in [0.2, 0.25) is 5.02 Å². The van der Waals surface area contributed by atoms with Crippen LogP contribution in [-0.4, -0.2) is 39.6 Å². The van der Waals surface area contributed by atoms with E-state index in [1.54, 1.807) is 6.07 Å². The monoisotopic (exact) mass is 328 g/mol. The maximum absolute atomic E-state index is 10.8. The number of nitrogens with zero attached hydrogens (tertiary/aromatic N) is 2. The second-order valence-corrected chi connectivity index (χ2v) is 5.74. The highest BCUT2D eigenvalue weighted by molar-refractivity contribution is 7.99. The number of halogens is 1. The van der Waals surface area contributed by atoms with Gasteiger partial charge in [-0.1, -0.05) is 29.4 Å². The molecular formula is C14H17ClN2O3S. The van der Waals surface area contributed by atoms with Gasteiger partial charge in [0, 0.05) is 19.8 Å². The van der Waals surface area contributed by atoms with Crippen LogP contribution < -0.4 is 0 Å². The largest absolute Gasteiger partial charge is 0.481 e. The van der Waals surface area contributed by atoms with Gasteiger partial charge in [-0.25, -0.2) is 4.98 Å². The second-order valence-electron chi connectivity index (χ2n) is 4.39. The number of benzene rings is 1. The molecule has 0 radical (unpaired) electrons. The van der Waals surface area contributed by atoms with E-state index in [1.165, 1.54) is 11.8 Å². The molecule has 1 heterocycles. The Labute approximate surface area is 132 Å². The van der Waals surface area contributed by atoms with Crippen molar-refractivity contribution in [3.63, 3.8) is 0 Å². The lowest BCUT2D eigenvalue weighted by Crippen LogP contribution is -2.06. The van der Waals surface area contributed by atoms with Crippen LogP contribution in [-0.2, 0) is 16.1 Å². The minimum atomic E-state index is -0.862. The first-order valence-corrected chi connectivity index (χ1v) is 8.07. The molecule has 2 rings (SSSR count). The number of imidazole rings is 1. The predicted molar refractivity (Wildman–Crippen MR) is 84.2 cm³/mol. The van der Waals surface area contributed by atoms with E-state index >= 15 is 0 Å². The van der Waals surface area contributed by atoms with E-state index < -0.39 is 5.97 Å². The highest BCUT2D eigenvalue weighted by atomic mass is 35.5. The molecule has 0 fully saturated rings. The summed E-state index contributed by atoms with van der Waals surface area (Å²) >= 11 is 7.37. The first-order chi connectivity index (χ1) is 10.1. The van der Waals surface area contributed by atoms with Crippen LogP contribution in [0, 0.1) is 0 Å². The fourth-order valence-corrected chi connectivity index (χ4v) is 2.98. The molecule has 1 aromatic heterocycles. The Bertz CT molecular complexity index is 630. The summed E-state index contributed by atoms with van der Waals surface area (Å²) in [4.78, 5) is 15.2. The number of carbonyl (C=O) groups is 1. The third-order valence-corrected chi connectivity index (χ3v) is 4.16. The van der Waals surface area contributed by atoms with Crippen molar-refractivity contribution in [2.45, 2.75) is 25.0 Å². The number of thioether (sulfide) groups is 1. The maximum Gasteiger partial charge on any atom is 0.313 e. The van der Waals surface area contributed by atoms with E-state index in [4.69, 9.17) is 21.4 Å². The molecule has 0 bridgehead atoms. The molecule has 114 valence electrons. The minimum Gasteiger partial charge on any atom is -0.481 e. The number of ether oxygens (including phenoxy) is 1. The van der Waals surface area contributed by atoms with Crippen LogP contribution in [0.4, 0.5) is 0 Å². The molecule has 1 aromatic carbocycles. The molecule has 0 spiro atoms. The van der Waals surface area contributed by atoms with E-state index in [-0.39, 0.29) is 5.75 Å². The number of para-hydroxylation sites is 1. The molecule has 7 heteroatoms. The molecule has 5 nitrogen and oxygen atoms in total. The third-order valence-electron chi connectivity index (χ3n) is 2.89. The average molecular weight is 329 g/mol. The van der Waals surface area contributed by atoms with Gasteiger partial charge in [-0.05, 0) is 25.5 Å². The summed E-state index contributed by atoms with van der Waals surface area (Å²) in [7, 11) is 0. The van der Waals surface area contributed by atoms with Crippen LogP contribution in [0.25, 0.3) is 11.0 Å². The maximum atomic E-state index is 10.8. The average Bonchev–Trinajstić information content (AvgIpc) is 2.81. The quantitative estimate of drug-likeness (QED) is 0.595. The Morgan fingerprint density at radius 3 is 3.05 bits per heavy atom. The molecule has 0 aliphatic heterocycles. The van der Waals surface area contributed by atoms with Gasteiger partial charge in [-0.15, -0.1) is 0 Å². The zero-order valence-corrected chi connectivity index (χ0v) is 13.3. The minimum absolute atomic E-state index is 0.0214. The van der Waals surface area contributed by atoms with Gasteiger partial charge < -0.3 is 14.4 Å². The van der Waals surface area contributed by atoms with Crippen molar-refractivity contribution in [2.24, 2.45) is 0 Å². The van der Waals surface area contributed by atoms with Gasteiger partial charge in [0.2, 0.25) is 0 Å². The summed E-state index contributed by atoms with van der Waals surface area (Å²) in [6, 6.07) is 5.60. The standard InChI is InChI=1S/C14H17ClN2O3S/c1-2-20-8-4-7-17-11-6-3-5-10(15)13(11)16-14(17)21-9-12(18)19/h3,5-6H,2,4,7-9H2,1H3,(H,18,19). The normalized spacial score (nSPS) is 11.1. The fraction of sp³-hybridized carbons (Fsp3) is 0.429. The molecule has 0 saturated carbocycles. The molecule has 2 aromatic rings. The Kier molecular flexibility index (Phi) is 5.90. The molecule has 0 aliphatic carbocycles. The van der Waals surface area contributed by atoms with Crippen LogP contribution >= 0.6 is 23.4 Å². The number of fused-ring (bicyclic) bond motifs is 1. The van der Waals surface area contributed by atoms with E-state index in [2.05, 4.69) is 4.98 Å². The molecule has 0 amide bonds. The van der Waals surface area contributed by atoms with Crippen LogP contribution in [0.3, 0.4) is 0 Å². The van der Waals surface area contributed by atoms with Gasteiger partial charge in [0.25, 0.3) is 0 Å². The van der Waals surface area contributed by atoms with Crippen molar-refractivity contribution < 1.29 is 14.6 Å². The molecule has 1 N–H and O–H groups in total. The summed E-state index contributed by atoms with van der Waals surface area (Å²) in [5.41, 5.74) is 1.63. The van der Waals surface area contributed by atoms with E-state index in [0.717, 1.165) is 18.5 Å². The summed E-state index contributed by atoms with van der Waals surface area (Å²) in [5.74, 6) is -0.883. The summed E-state index contributed by atoms with van der Waals surface area (Å²) in [6.07, 6.45) is 0.840. The van der Waals surface area contributed by atoms with Crippen molar-refractivity contribution in [3.05, 3.63) is 23.2 Å². The van der Waals surface area contributed by atoms with Gasteiger partial charge >= 0.3 is 5.97 Å². The lowest BCUT2D eigenvalue weighted by Gasteiger charge is -2.08. The predicted octanol–water partition coefficient (Wildman–Crippen LogP) is 3.29. The van der Waals surface area contributed by atoms with Crippen molar-refractivity contribution in [2.75, 3.05) is 19.0 Å². The number of hydrogen-bond donors (Lipinski definition) is 1. The third kappa shape index (κ3) is 4.12. The van der Waals surface area contributed by atoms with Gasteiger partial charge in [-0.2, -0.15) is 0 Å². The zero-order valence-electron chi connectivity index (χ0n) is 11.7. The number of rotatable bonds is 8. The van der Waals surface area contributed by atoms with Gasteiger partial charge in [0.1, 0.15) is 5.52 Å². The highest BCUT2D eigenvalue weighted by Crippen LogP contribution is 2.28. The van der Waals surface area contributed by atoms with Crippen molar-refractivity contribution in [1.82, 2.24) is 9.55 Å². The number of hydrogen-bond acceptors (Lipinski definition) is 4. The second kappa shape index (κ2) is 7.68. The number of carboxylic acid groups (broad SMARTS) is 1. The SMILES string of the molecule is CCOCCCn1c(SCC(=O)O)nc2c(Cl)cccc21. The van der Waals surface area contributed by atoms with Crippen LogP contribution in [0.1, 0.15) is 13.3 Å². The molecule has 0 aliphatic rings. The Morgan fingerprint density at radius 2 is 2.33 bits per heavy atom. The lowest BCUT2D eigenvalue weighted by atomic mass is 10.3. The smallest absolute Gasteiger partial charge is 0.313 e. The van der Waals surface area contributed by atoms with E-state index in [1.807, 2.05) is 23.6 Å². The Hall–Kier alpha value is -1.24. The molecule has 0 atom stereocenters. The van der Waals surface area contributed by atoms with E-state index in [0.29, 0.717) is 28.9 Å². The summed E-state index contributed by atoms with van der Waals surface area (Å²) in [6.45, 7) is 4.04.